The Hall–Kier alpha value is -1.51. The van der Waals surface area contributed by atoms with E-state index >= 15 is 0 Å². The highest BCUT2D eigenvalue weighted by Crippen LogP contribution is 2.14. The maximum atomic E-state index is 12.8. The Morgan fingerprint density at radius 2 is 1.95 bits per heavy atom. The standard InChI is InChI=1S/C13H19FN2O4S/c1-10(11-4-6-12(14)7-5-11)15-21(18,19)16(2)9-8-13(17)20-3/h4-7,10,15H,8-9H2,1-3H3/t10-/m1/s1. The molecule has 0 amide bonds. The zero-order chi connectivity index (χ0) is 16.0. The van der Waals surface area contributed by atoms with Crippen molar-refractivity contribution in [3.8, 4) is 0 Å². The fourth-order valence-corrected chi connectivity index (χ4v) is 2.70. The number of nitrogens with one attached hydrogen (secondary N) is 1. The molecule has 21 heavy (non-hydrogen) atoms. The maximum absolute atomic E-state index is 12.8. The van der Waals surface area contributed by atoms with Crippen LogP contribution < -0.4 is 4.72 Å². The summed E-state index contributed by atoms with van der Waals surface area (Å²) >= 11 is 0. The number of esters is 1. The van der Waals surface area contributed by atoms with Crippen molar-refractivity contribution >= 4 is 16.2 Å². The van der Waals surface area contributed by atoms with E-state index in [2.05, 4.69) is 9.46 Å². The highest BCUT2D eigenvalue weighted by molar-refractivity contribution is 7.87. The van der Waals surface area contributed by atoms with Gasteiger partial charge in [0, 0.05) is 19.6 Å². The third kappa shape index (κ3) is 5.41. The molecule has 1 N–H and O–H groups in total. The van der Waals surface area contributed by atoms with Crippen molar-refractivity contribution in [2.75, 3.05) is 20.7 Å². The van der Waals surface area contributed by atoms with Gasteiger partial charge in [-0.15, -0.1) is 0 Å². The number of nitrogens with zero attached hydrogens (tertiary/aromatic N) is 1. The summed E-state index contributed by atoms with van der Waals surface area (Å²) in [5.41, 5.74) is 0.640. The third-order valence-electron chi connectivity index (χ3n) is 2.96. The van der Waals surface area contributed by atoms with E-state index < -0.39 is 22.2 Å². The number of hydrogen-bond acceptors (Lipinski definition) is 4. The lowest BCUT2D eigenvalue weighted by molar-refractivity contribution is -0.140. The molecule has 0 saturated heterocycles. The number of rotatable bonds is 7. The highest BCUT2D eigenvalue weighted by atomic mass is 32.2. The summed E-state index contributed by atoms with van der Waals surface area (Å²) in [6, 6.07) is 5.03. The average molecular weight is 318 g/mol. The molecule has 1 rings (SSSR count). The van der Waals surface area contributed by atoms with Crippen LogP contribution in [0.2, 0.25) is 0 Å². The molecule has 118 valence electrons. The Bertz CT molecular complexity index is 574. The van der Waals surface area contributed by atoms with E-state index in [1.165, 1.54) is 38.4 Å². The van der Waals surface area contributed by atoms with Crippen molar-refractivity contribution in [1.29, 1.82) is 0 Å². The summed E-state index contributed by atoms with van der Waals surface area (Å²) in [5, 5.41) is 0. The molecule has 0 radical (unpaired) electrons. The Balaban J connectivity index is 2.66. The van der Waals surface area contributed by atoms with Gasteiger partial charge in [0.1, 0.15) is 5.82 Å². The topological polar surface area (TPSA) is 75.7 Å². The van der Waals surface area contributed by atoms with Gasteiger partial charge in [-0.2, -0.15) is 17.4 Å². The molecule has 0 saturated carbocycles. The molecule has 1 aromatic rings. The summed E-state index contributed by atoms with van der Waals surface area (Å²) in [7, 11) is -1.13. The van der Waals surface area contributed by atoms with Crippen LogP contribution in [0.15, 0.2) is 24.3 Å². The van der Waals surface area contributed by atoms with E-state index in [0.29, 0.717) is 5.56 Å². The minimum atomic E-state index is -3.74. The molecule has 6 nitrogen and oxygen atoms in total. The van der Waals surface area contributed by atoms with Gasteiger partial charge in [-0.1, -0.05) is 12.1 Å². The predicted molar refractivity (Wildman–Crippen MR) is 76.1 cm³/mol. The van der Waals surface area contributed by atoms with Crippen molar-refractivity contribution < 1.29 is 22.3 Å². The highest BCUT2D eigenvalue weighted by Gasteiger charge is 2.21. The minimum Gasteiger partial charge on any atom is -0.469 e. The van der Waals surface area contributed by atoms with E-state index in [4.69, 9.17) is 0 Å². The van der Waals surface area contributed by atoms with Crippen LogP contribution >= 0.6 is 0 Å². The lowest BCUT2D eigenvalue weighted by Crippen LogP contribution is -2.40. The molecule has 8 heteroatoms. The number of carbonyl (C=O) groups excluding carboxylic acids is 1. The van der Waals surface area contributed by atoms with Crippen molar-refractivity contribution in [1.82, 2.24) is 9.03 Å². The van der Waals surface area contributed by atoms with Crippen molar-refractivity contribution in [3.63, 3.8) is 0 Å². The van der Waals surface area contributed by atoms with Gasteiger partial charge in [-0.25, -0.2) is 4.39 Å². The van der Waals surface area contributed by atoms with Crippen LogP contribution in [0.5, 0.6) is 0 Å². The molecule has 0 aliphatic heterocycles. The quantitative estimate of drug-likeness (QED) is 0.767. The Morgan fingerprint density at radius 1 is 1.38 bits per heavy atom. The van der Waals surface area contributed by atoms with Gasteiger partial charge in [-0.3, -0.25) is 4.79 Å². The summed E-state index contributed by atoms with van der Waals surface area (Å²) in [4.78, 5) is 11.0. The number of halogens is 1. The first-order valence-corrected chi connectivity index (χ1v) is 7.76. The summed E-state index contributed by atoms with van der Waals surface area (Å²) in [6.07, 6.45) is -0.0289. The van der Waals surface area contributed by atoms with E-state index in [-0.39, 0.29) is 18.8 Å². The number of methoxy groups -OCH3 is 1. The predicted octanol–water partition coefficient (Wildman–Crippen LogP) is 1.22. The first-order chi connectivity index (χ1) is 9.76. The number of ether oxygens (including phenoxy) is 1. The van der Waals surface area contributed by atoms with Gasteiger partial charge in [0.2, 0.25) is 0 Å². The van der Waals surface area contributed by atoms with Crippen LogP contribution in [-0.4, -0.2) is 39.4 Å². The van der Waals surface area contributed by atoms with E-state index in [1.54, 1.807) is 6.92 Å². The van der Waals surface area contributed by atoms with Crippen LogP contribution in [-0.2, 0) is 19.7 Å². The van der Waals surface area contributed by atoms with Crippen LogP contribution in [0.3, 0.4) is 0 Å². The molecule has 0 bridgehead atoms. The van der Waals surface area contributed by atoms with Crippen LogP contribution in [0.4, 0.5) is 4.39 Å². The molecule has 0 spiro atoms. The smallest absolute Gasteiger partial charge is 0.306 e. The van der Waals surface area contributed by atoms with Gasteiger partial charge >= 0.3 is 5.97 Å². The zero-order valence-corrected chi connectivity index (χ0v) is 13.0. The third-order valence-corrected chi connectivity index (χ3v) is 4.62. The van der Waals surface area contributed by atoms with E-state index in [0.717, 1.165) is 4.31 Å². The Kier molecular flexibility index (Phi) is 6.25. The summed E-state index contributed by atoms with van der Waals surface area (Å²) in [6.45, 7) is 1.66. The lowest BCUT2D eigenvalue weighted by atomic mass is 10.1. The molecular weight excluding hydrogens is 299 g/mol. The van der Waals surface area contributed by atoms with Gasteiger partial charge < -0.3 is 4.74 Å². The second-order valence-corrected chi connectivity index (χ2v) is 6.35. The molecule has 0 aliphatic rings. The van der Waals surface area contributed by atoms with Crippen molar-refractivity contribution in [3.05, 3.63) is 35.6 Å². The zero-order valence-electron chi connectivity index (χ0n) is 12.2. The Morgan fingerprint density at radius 3 is 2.48 bits per heavy atom. The molecule has 1 aromatic carbocycles. The second-order valence-electron chi connectivity index (χ2n) is 4.54. The SMILES string of the molecule is COC(=O)CCN(C)S(=O)(=O)N[C@H](C)c1ccc(F)cc1. The van der Waals surface area contributed by atoms with E-state index in [9.17, 15) is 17.6 Å². The fourth-order valence-electron chi connectivity index (χ4n) is 1.60. The fraction of sp³-hybridized carbons (Fsp3) is 0.462. The second kappa shape index (κ2) is 7.48. The molecule has 1 atom stereocenters. The molecular formula is C13H19FN2O4S. The molecule has 0 aromatic heterocycles. The number of hydrogen-bond donors (Lipinski definition) is 1. The molecule has 0 unspecified atom stereocenters. The largest absolute Gasteiger partial charge is 0.469 e. The Labute approximate surface area is 124 Å². The summed E-state index contributed by atoms with van der Waals surface area (Å²) < 4.78 is 44.9. The lowest BCUT2D eigenvalue weighted by Gasteiger charge is -2.21. The van der Waals surface area contributed by atoms with Crippen LogP contribution in [0.1, 0.15) is 24.9 Å². The minimum absolute atomic E-state index is 0.0120. The molecule has 0 fully saturated rings. The maximum Gasteiger partial charge on any atom is 0.306 e. The summed E-state index contributed by atoms with van der Waals surface area (Å²) in [5.74, 6) is -0.868. The monoisotopic (exact) mass is 318 g/mol. The van der Waals surface area contributed by atoms with Crippen molar-refractivity contribution in [2.24, 2.45) is 0 Å². The first kappa shape index (κ1) is 17.5. The van der Waals surface area contributed by atoms with Gasteiger partial charge in [0.05, 0.1) is 13.5 Å². The van der Waals surface area contributed by atoms with Crippen LogP contribution in [0.25, 0.3) is 0 Å². The number of carbonyl (C=O) groups is 1. The van der Waals surface area contributed by atoms with Gasteiger partial charge in [0.15, 0.2) is 0 Å². The van der Waals surface area contributed by atoms with Crippen molar-refractivity contribution in [2.45, 2.75) is 19.4 Å². The molecule has 0 aliphatic carbocycles. The van der Waals surface area contributed by atoms with Gasteiger partial charge in [0.25, 0.3) is 10.2 Å². The first-order valence-electron chi connectivity index (χ1n) is 6.32. The number of benzene rings is 1. The normalized spacial score (nSPS) is 13.2. The van der Waals surface area contributed by atoms with Crippen LogP contribution in [0, 0.1) is 5.82 Å². The molecule has 0 heterocycles. The average Bonchev–Trinajstić information content (AvgIpc) is 2.44. The van der Waals surface area contributed by atoms with E-state index in [1.807, 2.05) is 0 Å². The van der Waals surface area contributed by atoms with Gasteiger partial charge in [-0.05, 0) is 24.6 Å².